The number of piperazine rings is 1. The zero-order chi connectivity index (χ0) is 14.8. The number of nitrogens with zero attached hydrogens (tertiary/aromatic N) is 2. The van der Waals surface area contributed by atoms with E-state index in [2.05, 4.69) is 17.1 Å². The molecule has 3 rings (SSSR count). The fourth-order valence-corrected chi connectivity index (χ4v) is 3.32. The monoisotopic (exact) mass is 287 g/mol. The molecule has 5 heteroatoms. The second kappa shape index (κ2) is 5.85. The van der Waals surface area contributed by atoms with E-state index < -0.39 is 0 Å². The Morgan fingerprint density at radius 2 is 2.10 bits per heavy atom. The van der Waals surface area contributed by atoms with Crippen LogP contribution < -0.4 is 5.32 Å². The number of hydrogen-bond donors (Lipinski definition) is 1. The van der Waals surface area contributed by atoms with E-state index in [1.165, 1.54) is 0 Å². The van der Waals surface area contributed by atoms with Crippen molar-refractivity contribution < 1.29 is 9.59 Å². The van der Waals surface area contributed by atoms with Crippen LogP contribution >= 0.6 is 0 Å². The highest BCUT2D eigenvalue weighted by molar-refractivity contribution is 6.00. The lowest BCUT2D eigenvalue weighted by atomic mass is 9.99. The van der Waals surface area contributed by atoms with Crippen LogP contribution in [0.4, 0.5) is 4.79 Å². The molecule has 0 aliphatic carbocycles. The molecule has 2 unspecified atom stereocenters. The van der Waals surface area contributed by atoms with Gasteiger partial charge in [-0.15, -0.1) is 0 Å². The number of carbonyl (C=O) groups is 2. The molecule has 1 aromatic carbocycles. The minimum Gasteiger partial charge on any atom is -0.336 e. The molecule has 2 atom stereocenters. The first-order chi connectivity index (χ1) is 10.2. The lowest BCUT2D eigenvalue weighted by Crippen LogP contribution is -2.56. The standard InChI is InChI=1S/C16H21N3O2/c1-2-14(15(20)12-6-4-3-5-7-12)18-8-9-19-13(11-18)10-17-16(19)21/h3-7,13-14H,2,8-11H2,1H3,(H,17,21). The maximum atomic E-state index is 12.7. The fraction of sp³-hybridized carbons (Fsp3) is 0.500. The minimum absolute atomic E-state index is 0.0297. The van der Waals surface area contributed by atoms with E-state index >= 15 is 0 Å². The van der Waals surface area contributed by atoms with Crippen molar-refractivity contribution >= 4 is 11.8 Å². The fourth-order valence-electron chi connectivity index (χ4n) is 3.32. The molecule has 2 fully saturated rings. The van der Waals surface area contributed by atoms with Gasteiger partial charge in [-0.1, -0.05) is 37.3 Å². The first-order valence-electron chi connectivity index (χ1n) is 7.58. The molecule has 2 heterocycles. The molecule has 2 amide bonds. The number of ketones is 1. The van der Waals surface area contributed by atoms with Crippen molar-refractivity contribution in [3.05, 3.63) is 35.9 Å². The van der Waals surface area contributed by atoms with E-state index in [9.17, 15) is 9.59 Å². The first-order valence-corrected chi connectivity index (χ1v) is 7.58. The van der Waals surface area contributed by atoms with E-state index in [4.69, 9.17) is 0 Å². The number of Topliss-reactive ketones (excluding diaryl/α,β-unsaturated/α-hetero) is 1. The van der Waals surface area contributed by atoms with Gasteiger partial charge in [-0.2, -0.15) is 0 Å². The molecule has 5 nitrogen and oxygen atoms in total. The summed E-state index contributed by atoms with van der Waals surface area (Å²) < 4.78 is 0. The van der Waals surface area contributed by atoms with Crippen LogP contribution in [0.5, 0.6) is 0 Å². The van der Waals surface area contributed by atoms with Crippen molar-refractivity contribution in [3.8, 4) is 0 Å². The summed E-state index contributed by atoms with van der Waals surface area (Å²) >= 11 is 0. The number of benzene rings is 1. The second-order valence-corrected chi connectivity index (χ2v) is 5.68. The van der Waals surface area contributed by atoms with Gasteiger partial charge in [-0.3, -0.25) is 9.69 Å². The average molecular weight is 287 g/mol. The zero-order valence-electron chi connectivity index (χ0n) is 12.3. The summed E-state index contributed by atoms with van der Waals surface area (Å²) in [5, 5.41) is 2.88. The molecule has 2 aliphatic heterocycles. The van der Waals surface area contributed by atoms with Gasteiger partial charge in [0, 0.05) is 31.7 Å². The predicted molar refractivity (Wildman–Crippen MR) is 80.3 cm³/mol. The van der Waals surface area contributed by atoms with Gasteiger partial charge < -0.3 is 10.2 Å². The molecule has 0 bridgehead atoms. The predicted octanol–water partition coefficient (Wildman–Crippen LogP) is 1.36. The van der Waals surface area contributed by atoms with Gasteiger partial charge in [-0.05, 0) is 6.42 Å². The summed E-state index contributed by atoms with van der Waals surface area (Å²) in [5.41, 5.74) is 0.771. The molecule has 2 aliphatic rings. The third-order valence-electron chi connectivity index (χ3n) is 4.45. The summed E-state index contributed by atoms with van der Waals surface area (Å²) in [6.07, 6.45) is 0.793. The number of amides is 2. The summed E-state index contributed by atoms with van der Waals surface area (Å²) in [4.78, 5) is 28.5. The zero-order valence-corrected chi connectivity index (χ0v) is 12.3. The Morgan fingerprint density at radius 1 is 1.33 bits per heavy atom. The molecule has 21 heavy (non-hydrogen) atoms. The summed E-state index contributed by atoms with van der Waals surface area (Å²) in [6.45, 7) is 4.98. The number of hydrogen-bond acceptors (Lipinski definition) is 3. The Kier molecular flexibility index (Phi) is 3.92. The topological polar surface area (TPSA) is 52.7 Å². The molecule has 0 spiro atoms. The lowest BCUT2D eigenvalue weighted by Gasteiger charge is -2.40. The van der Waals surface area contributed by atoms with Crippen molar-refractivity contribution in [2.24, 2.45) is 0 Å². The molecular formula is C16H21N3O2. The van der Waals surface area contributed by atoms with Crippen LogP contribution in [0.1, 0.15) is 23.7 Å². The van der Waals surface area contributed by atoms with Gasteiger partial charge in [0.15, 0.2) is 5.78 Å². The number of nitrogens with one attached hydrogen (secondary N) is 1. The Hall–Kier alpha value is -1.88. The van der Waals surface area contributed by atoms with Crippen LogP contribution in [0.25, 0.3) is 0 Å². The van der Waals surface area contributed by atoms with Crippen LogP contribution in [0, 0.1) is 0 Å². The molecule has 0 saturated carbocycles. The van der Waals surface area contributed by atoms with Gasteiger partial charge in [0.05, 0.1) is 12.1 Å². The molecule has 1 aromatic rings. The maximum absolute atomic E-state index is 12.7. The van der Waals surface area contributed by atoms with Gasteiger partial charge in [-0.25, -0.2) is 4.79 Å². The Morgan fingerprint density at radius 3 is 2.81 bits per heavy atom. The molecule has 2 saturated heterocycles. The van der Waals surface area contributed by atoms with Gasteiger partial charge >= 0.3 is 6.03 Å². The van der Waals surface area contributed by atoms with Crippen molar-refractivity contribution in [1.29, 1.82) is 0 Å². The van der Waals surface area contributed by atoms with Crippen molar-refractivity contribution in [1.82, 2.24) is 15.1 Å². The normalized spacial score (nSPS) is 23.6. The molecule has 1 N–H and O–H groups in total. The third-order valence-corrected chi connectivity index (χ3v) is 4.45. The Bertz CT molecular complexity index is 532. The Labute approximate surface area is 124 Å². The van der Waals surface area contributed by atoms with Gasteiger partial charge in [0.25, 0.3) is 0 Å². The number of fused-ring (bicyclic) bond motifs is 1. The SMILES string of the molecule is CCC(C(=O)c1ccccc1)N1CCN2C(=O)NCC2C1. The van der Waals surface area contributed by atoms with Gasteiger partial charge in [0.1, 0.15) is 0 Å². The van der Waals surface area contributed by atoms with Crippen LogP contribution in [0.2, 0.25) is 0 Å². The molecule has 0 radical (unpaired) electrons. The van der Waals surface area contributed by atoms with E-state index in [-0.39, 0.29) is 23.9 Å². The van der Waals surface area contributed by atoms with E-state index in [1.54, 1.807) is 0 Å². The van der Waals surface area contributed by atoms with Crippen molar-refractivity contribution in [3.63, 3.8) is 0 Å². The van der Waals surface area contributed by atoms with Crippen LogP contribution in [-0.4, -0.2) is 59.9 Å². The lowest BCUT2D eigenvalue weighted by molar-refractivity contribution is 0.0633. The van der Waals surface area contributed by atoms with E-state index in [0.29, 0.717) is 13.1 Å². The highest BCUT2D eigenvalue weighted by Gasteiger charge is 2.38. The first kappa shape index (κ1) is 14.1. The molecular weight excluding hydrogens is 266 g/mol. The Balaban J connectivity index is 1.72. The second-order valence-electron chi connectivity index (χ2n) is 5.68. The summed E-state index contributed by atoms with van der Waals surface area (Å²) in [6, 6.07) is 9.61. The summed E-state index contributed by atoms with van der Waals surface area (Å²) in [5.74, 6) is 0.184. The molecule has 112 valence electrons. The molecule has 0 aromatic heterocycles. The highest BCUT2D eigenvalue weighted by Crippen LogP contribution is 2.20. The number of urea groups is 1. The maximum Gasteiger partial charge on any atom is 0.317 e. The van der Waals surface area contributed by atoms with E-state index in [1.807, 2.05) is 35.2 Å². The van der Waals surface area contributed by atoms with Gasteiger partial charge in [0.2, 0.25) is 0 Å². The number of rotatable bonds is 4. The summed E-state index contributed by atoms with van der Waals surface area (Å²) in [7, 11) is 0. The van der Waals surface area contributed by atoms with Crippen LogP contribution in [0.3, 0.4) is 0 Å². The average Bonchev–Trinajstić information content (AvgIpc) is 2.90. The number of carbonyl (C=O) groups excluding carboxylic acids is 2. The van der Waals surface area contributed by atoms with Crippen molar-refractivity contribution in [2.45, 2.75) is 25.4 Å². The van der Waals surface area contributed by atoms with Crippen LogP contribution in [-0.2, 0) is 0 Å². The largest absolute Gasteiger partial charge is 0.336 e. The van der Waals surface area contributed by atoms with E-state index in [0.717, 1.165) is 25.1 Å². The minimum atomic E-state index is -0.0924. The smallest absolute Gasteiger partial charge is 0.317 e. The van der Waals surface area contributed by atoms with Crippen molar-refractivity contribution in [2.75, 3.05) is 26.2 Å². The van der Waals surface area contributed by atoms with Crippen LogP contribution in [0.15, 0.2) is 30.3 Å². The third kappa shape index (κ3) is 2.65. The highest BCUT2D eigenvalue weighted by atomic mass is 16.2. The quantitative estimate of drug-likeness (QED) is 0.851.